The molecule has 0 aliphatic carbocycles. The molecule has 1 amide bonds. The van der Waals surface area contributed by atoms with Crippen LogP contribution in [-0.2, 0) is 23.2 Å². The lowest BCUT2D eigenvalue weighted by atomic mass is 9.84. The molecule has 0 aliphatic heterocycles. The normalized spacial score (nSPS) is 11.2. The molecule has 236 valence electrons. The third-order valence-corrected chi connectivity index (χ3v) is 7.92. The van der Waals surface area contributed by atoms with Crippen LogP contribution in [0.25, 0.3) is 0 Å². The Bertz CT molecular complexity index is 1190. The Kier molecular flexibility index (Phi) is 17.3. The van der Waals surface area contributed by atoms with E-state index >= 15 is 0 Å². The minimum atomic E-state index is -0.0716. The first-order valence-corrected chi connectivity index (χ1v) is 16.5. The van der Waals surface area contributed by atoms with Crippen molar-refractivity contribution in [1.29, 1.82) is 0 Å². The Balaban J connectivity index is 0.00000645. The molecule has 4 nitrogen and oxygen atoms in total. The molecule has 0 aliphatic rings. The maximum absolute atomic E-state index is 13.3. The number of benzene rings is 2. The molecular formula is C38H55BrN2O2. The van der Waals surface area contributed by atoms with Crippen molar-refractivity contribution >= 4 is 11.6 Å². The third kappa shape index (κ3) is 13.7. The molecule has 0 spiro atoms. The van der Waals surface area contributed by atoms with Gasteiger partial charge in [0.25, 0.3) is 0 Å². The van der Waals surface area contributed by atoms with E-state index in [9.17, 15) is 4.79 Å². The van der Waals surface area contributed by atoms with Gasteiger partial charge in [-0.25, -0.2) is 4.57 Å². The molecule has 0 radical (unpaired) electrons. The molecule has 2 aromatic carbocycles. The molecule has 1 N–H and O–H groups in total. The zero-order chi connectivity index (χ0) is 30.0. The third-order valence-electron chi connectivity index (χ3n) is 7.92. The Morgan fingerprint density at radius 1 is 0.721 bits per heavy atom. The summed E-state index contributed by atoms with van der Waals surface area (Å²) < 4.78 is 8.57. The number of unbranched alkanes of at least 4 members (excludes halogenated alkanes) is 11. The first-order valence-electron chi connectivity index (χ1n) is 16.5. The second-order valence-corrected chi connectivity index (χ2v) is 12.7. The van der Waals surface area contributed by atoms with E-state index in [4.69, 9.17) is 4.74 Å². The molecule has 5 heteroatoms. The number of para-hydroxylation sites is 2. The lowest BCUT2D eigenvalue weighted by molar-refractivity contribution is -0.688. The topological polar surface area (TPSA) is 42.2 Å². The number of aromatic nitrogens is 1. The van der Waals surface area contributed by atoms with Crippen LogP contribution in [-0.4, -0.2) is 12.5 Å². The summed E-state index contributed by atoms with van der Waals surface area (Å²) >= 11 is 0. The molecule has 3 rings (SSSR count). The lowest BCUT2D eigenvalue weighted by Crippen LogP contribution is -3.00. The summed E-state index contributed by atoms with van der Waals surface area (Å²) in [6.07, 6.45) is 20.3. The summed E-state index contributed by atoms with van der Waals surface area (Å²) in [5.74, 6) is 0.859. The van der Waals surface area contributed by atoms with E-state index in [1.54, 1.807) is 0 Å². The minimum Gasteiger partial charge on any atom is -1.00 e. The van der Waals surface area contributed by atoms with Crippen molar-refractivity contribution in [2.24, 2.45) is 0 Å². The van der Waals surface area contributed by atoms with Crippen LogP contribution in [0.2, 0.25) is 0 Å². The van der Waals surface area contributed by atoms with Crippen LogP contribution in [0.4, 0.5) is 5.69 Å². The van der Waals surface area contributed by atoms with E-state index in [0.29, 0.717) is 13.2 Å². The number of hydrogen-bond acceptors (Lipinski definition) is 2. The van der Waals surface area contributed by atoms with Crippen LogP contribution < -0.4 is 31.6 Å². The van der Waals surface area contributed by atoms with Crippen molar-refractivity contribution in [1.82, 2.24) is 0 Å². The molecule has 0 atom stereocenters. The SMILES string of the molecule is CCCCCCCCCCCCCCOc1c(CC(=O)Nc2ccccc2C[n+]2ccccc2)cccc1C(C)(C)C.[Br-]. The number of carbonyl (C=O) groups excluding carboxylic acids is 1. The van der Waals surface area contributed by atoms with Crippen molar-refractivity contribution in [3.8, 4) is 5.75 Å². The molecule has 0 saturated carbocycles. The van der Waals surface area contributed by atoms with Crippen molar-refractivity contribution in [2.45, 2.75) is 123 Å². The van der Waals surface area contributed by atoms with Gasteiger partial charge in [-0.15, -0.1) is 0 Å². The minimum absolute atomic E-state index is 0. The van der Waals surface area contributed by atoms with Crippen LogP contribution in [0.5, 0.6) is 5.75 Å². The average molecular weight is 652 g/mol. The smallest absolute Gasteiger partial charge is 0.228 e. The fraction of sp³-hybridized carbons (Fsp3) is 0.526. The first kappa shape index (κ1) is 36.5. The van der Waals surface area contributed by atoms with Gasteiger partial charge in [0.1, 0.15) is 5.75 Å². The zero-order valence-corrected chi connectivity index (χ0v) is 28.8. The molecule has 0 fully saturated rings. The van der Waals surface area contributed by atoms with Crippen molar-refractivity contribution < 1.29 is 31.1 Å². The number of carbonyl (C=O) groups is 1. The van der Waals surface area contributed by atoms with E-state index in [1.807, 2.05) is 54.9 Å². The molecule has 0 unspecified atom stereocenters. The predicted molar refractivity (Wildman–Crippen MR) is 176 cm³/mol. The van der Waals surface area contributed by atoms with E-state index < -0.39 is 0 Å². The summed E-state index contributed by atoms with van der Waals surface area (Å²) in [7, 11) is 0. The fourth-order valence-corrected chi connectivity index (χ4v) is 5.49. The van der Waals surface area contributed by atoms with Crippen LogP contribution in [0.1, 0.15) is 121 Å². The monoisotopic (exact) mass is 650 g/mol. The van der Waals surface area contributed by atoms with Crippen LogP contribution >= 0.6 is 0 Å². The predicted octanol–water partition coefficient (Wildman–Crippen LogP) is 6.59. The second-order valence-electron chi connectivity index (χ2n) is 12.7. The van der Waals surface area contributed by atoms with Gasteiger partial charge in [-0.3, -0.25) is 4.79 Å². The highest BCUT2D eigenvalue weighted by Gasteiger charge is 2.22. The van der Waals surface area contributed by atoms with E-state index in [2.05, 4.69) is 55.8 Å². The largest absolute Gasteiger partial charge is 1.00 e. The number of pyridine rings is 1. The molecule has 3 aromatic rings. The number of anilines is 1. The quantitative estimate of drug-likeness (QED) is 0.118. The molecule has 0 bridgehead atoms. The second kappa shape index (κ2) is 20.3. The number of halogens is 1. The van der Waals surface area contributed by atoms with Gasteiger partial charge in [0.05, 0.1) is 18.7 Å². The first-order chi connectivity index (χ1) is 20.4. The highest BCUT2D eigenvalue weighted by atomic mass is 79.9. The molecule has 43 heavy (non-hydrogen) atoms. The van der Waals surface area contributed by atoms with E-state index in [1.165, 1.54) is 70.6 Å². The zero-order valence-electron chi connectivity index (χ0n) is 27.2. The highest BCUT2D eigenvalue weighted by molar-refractivity contribution is 5.93. The van der Waals surface area contributed by atoms with Gasteiger partial charge in [0.2, 0.25) is 5.91 Å². The Morgan fingerprint density at radius 2 is 1.30 bits per heavy atom. The highest BCUT2D eigenvalue weighted by Crippen LogP contribution is 2.35. The van der Waals surface area contributed by atoms with Crippen molar-refractivity contribution in [3.05, 3.63) is 89.7 Å². The summed E-state index contributed by atoms with van der Waals surface area (Å²) in [4.78, 5) is 13.3. The van der Waals surface area contributed by atoms with Crippen LogP contribution in [0.15, 0.2) is 73.1 Å². The summed E-state index contributed by atoms with van der Waals surface area (Å²) in [5.41, 5.74) is 3.97. The van der Waals surface area contributed by atoms with Gasteiger partial charge in [0, 0.05) is 23.3 Å². The van der Waals surface area contributed by atoms with Gasteiger partial charge in [-0.2, -0.15) is 0 Å². The maximum atomic E-state index is 13.3. The number of nitrogens with zero attached hydrogens (tertiary/aromatic N) is 1. The lowest BCUT2D eigenvalue weighted by Gasteiger charge is -2.25. The number of hydrogen-bond donors (Lipinski definition) is 1. The number of rotatable bonds is 19. The van der Waals surface area contributed by atoms with Crippen molar-refractivity contribution in [3.63, 3.8) is 0 Å². The van der Waals surface area contributed by atoms with E-state index in [0.717, 1.165) is 34.5 Å². The molecule has 0 saturated heterocycles. The molecule has 1 aromatic heterocycles. The Morgan fingerprint density at radius 3 is 1.93 bits per heavy atom. The summed E-state index contributed by atoms with van der Waals surface area (Å²) in [5, 5.41) is 3.17. The fourth-order valence-electron chi connectivity index (χ4n) is 5.49. The van der Waals surface area contributed by atoms with Crippen LogP contribution in [0.3, 0.4) is 0 Å². The van der Waals surface area contributed by atoms with Gasteiger partial charge in [-0.1, -0.05) is 141 Å². The number of ether oxygens (including phenoxy) is 1. The van der Waals surface area contributed by atoms with Gasteiger partial charge in [-0.05, 0) is 23.5 Å². The van der Waals surface area contributed by atoms with E-state index in [-0.39, 0.29) is 34.7 Å². The molecule has 1 heterocycles. The van der Waals surface area contributed by atoms with Gasteiger partial charge < -0.3 is 27.0 Å². The Labute approximate surface area is 272 Å². The summed E-state index contributed by atoms with van der Waals surface area (Å²) in [6, 6.07) is 20.3. The summed E-state index contributed by atoms with van der Waals surface area (Å²) in [6.45, 7) is 10.3. The van der Waals surface area contributed by atoms with Gasteiger partial charge in [0.15, 0.2) is 18.9 Å². The van der Waals surface area contributed by atoms with Crippen LogP contribution in [0, 0.1) is 0 Å². The number of amides is 1. The number of nitrogens with one attached hydrogen (secondary N) is 1. The Hall–Kier alpha value is -2.66. The van der Waals surface area contributed by atoms with Crippen molar-refractivity contribution in [2.75, 3.05) is 11.9 Å². The average Bonchev–Trinajstić information content (AvgIpc) is 2.97. The maximum Gasteiger partial charge on any atom is 0.228 e. The molecular weight excluding hydrogens is 596 g/mol. The van der Waals surface area contributed by atoms with Gasteiger partial charge >= 0.3 is 0 Å². The standard InChI is InChI=1S/C38H54N2O2.BrH/c1-5-6-7-8-9-10-11-12-13-14-15-21-29-42-37-32(24-22-25-34(37)38(2,3)4)30-36(41)39-35-26-18-17-23-33(35)31-40-27-19-16-20-28-40;/h16-20,22-28H,5-15,21,29-31H2,1-4H3;1H.